The van der Waals surface area contributed by atoms with Crippen molar-refractivity contribution in [2.45, 2.75) is 13.2 Å². The van der Waals surface area contributed by atoms with Crippen molar-refractivity contribution in [2.75, 3.05) is 20.8 Å². The SMILES string of the molecule is COc1ccc(COc2ccc(C(=O)NCC(=O)O)cc2OCc2ccc(OC)cc2)cc1. The van der Waals surface area contributed by atoms with Crippen molar-refractivity contribution in [3.8, 4) is 23.0 Å². The summed E-state index contributed by atoms with van der Waals surface area (Å²) in [6.07, 6.45) is 0. The average molecular weight is 451 g/mol. The van der Waals surface area contributed by atoms with Gasteiger partial charge in [0.25, 0.3) is 5.91 Å². The van der Waals surface area contributed by atoms with Gasteiger partial charge in [-0.3, -0.25) is 9.59 Å². The summed E-state index contributed by atoms with van der Waals surface area (Å²) in [5, 5.41) is 11.1. The lowest BCUT2D eigenvalue weighted by molar-refractivity contribution is -0.135. The van der Waals surface area contributed by atoms with Crippen LogP contribution < -0.4 is 24.3 Å². The zero-order chi connectivity index (χ0) is 23.6. The minimum atomic E-state index is -1.13. The average Bonchev–Trinajstić information content (AvgIpc) is 2.85. The number of amides is 1. The Kier molecular flexibility index (Phi) is 8.13. The molecule has 172 valence electrons. The van der Waals surface area contributed by atoms with E-state index in [4.69, 9.17) is 24.1 Å². The van der Waals surface area contributed by atoms with Crippen LogP contribution in [-0.2, 0) is 18.0 Å². The van der Waals surface area contributed by atoms with Crippen molar-refractivity contribution in [1.82, 2.24) is 5.32 Å². The fourth-order valence-corrected chi connectivity index (χ4v) is 2.90. The molecule has 8 heteroatoms. The number of carboxylic acid groups (broad SMARTS) is 1. The van der Waals surface area contributed by atoms with E-state index in [1.165, 1.54) is 6.07 Å². The molecule has 0 heterocycles. The molecule has 0 aromatic heterocycles. The zero-order valence-electron chi connectivity index (χ0n) is 18.4. The van der Waals surface area contributed by atoms with E-state index in [-0.39, 0.29) is 18.8 Å². The lowest BCUT2D eigenvalue weighted by atomic mass is 10.1. The summed E-state index contributed by atoms with van der Waals surface area (Å²) in [5.74, 6) is 0.655. The van der Waals surface area contributed by atoms with Gasteiger partial charge in [0.1, 0.15) is 31.3 Å². The normalized spacial score (nSPS) is 10.2. The fourth-order valence-electron chi connectivity index (χ4n) is 2.90. The number of methoxy groups -OCH3 is 2. The van der Waals surface area contributed by atoms with E-state index in [1.807, 2.05) is 48.5 Å². The molecule has 0 aliphatic carbocycles. The Labute approximate surface area is 191 Å². The molecule has 0 unspecified atom stereocenters. The van der Waals surface area contributed by atoms with Crippen LogP contribution in [0.1, 0.15) is 21.5 Å². The number of carboxylic acids is 1. The number of ether oxygens (including phenoxy) is 4. The first kappa shape index (κ1) is 23.5. The highest BCUT2D eigenvalue weighted by atomic mass is 16.5. The number of benzene rings is 3. The Morgan fingerprint density at radius 2 is 1.27 bits per heavy atom. The number of hydrogen-bond donors (Lipinski definition) is 2. The summed E-state index contributed by atoms with van der Waals surface area (Å²) in [5.41, 5.74) is 2.09. The molecule has 0 bridgehead atoms. The molecule has 0 radical (unpaired) electrons. The summed E-state index contributed by atoms with van der Waals surface area (Å²) in [6, 6.07) is 19.6. The molecule has 0 saturated heterocycles. The number of carbonyl (C=O) groups excluding carboxylic acids is 1. The summed E-state index contributed by atoms with van der Waals surface area (Å²) >= 11 is 0. The molecule has 1 amide bonds. The minimum absolute atomic E-state index is 0.239. The van der Waals surface area contributed by atoms with Crippen LogP contribution >= 0.6 is 0 Å². The van der Waals surface area contributed by atoms with Crippen LogP contribution in [0.5, 0.6) is 23.0 Å². The summed E-state index contributed by atoms with van der Waals surface area (Å²) in [7, 11) is 3.20. The zero-order valence-corrected chi connectivity index (χ0v) is 18.4. The molecule has 3 aromatic carbocycles. The van der Waals surface area contributed by atoms with Crippen LogP contribution in [0.25, 0.3) is 0 Å². The van der Waals surface area contributed by atoms with E-state index in [0.717, 1.165) is 22.6 Å². The van der Waals surface area contributed by atoms with Gasteiger partial charge in [-0.1, -0.05) is 24.3 Å². The number of nitrogens with one attached hydrogen (secondary N) is 1. The second kappa shape index (κ2) is 11.4. The number of carbonyl (C=O) groups is 2. The maximum atomic E-state index is 12.3. The Hall–Kier alpha value is -4.20. The minimum Gasteiger partial charge on any atom is -0.497 e. The largest absolute Gasteiger partial charge is 0.497 e. The van der Waals surface area contributed by atoms with E-state index in [1.54, 1.807) is 26.4 Å². The van der Waals surface area contributed by atoms with Crippen LogP contribution in [0.15, 0.2) is 66.7 Å². The topological polar surface area (TPSA) is 103 Å². The highest BCUT2D eigenvalue weighted by molar-refractivity contribution is 5.96. The van der Waals surface area contributed by atoms with Gasteiger partial charge >= 0.3 is 5.97 Å². The number of aliphatic carboxylic acids is 1. The fraction of sp³-hybridized carbons (Fsp3) is 0.200. The maximum absolute atomic E-state index is 12.3. The van der Waals surface area contributed by atoms with Crippen molar-refractivity contribution in [1.29, 1.82) is 0 Å². The molecule has 8 nitrogen and oxygen atoms in total. The molecule has 0 aliphatic heterocycles. The van der Waals surface area contributed by atoms with Crippen molar-refractivity contribution in [2.24, 2.45) is 0 Å². The highest BCUT2D eigenvalue weighted by Gasteiger charge is 2.13. The highest BCUT2D eigenvalue weighted by Crippen LogP contribution is 2.30. The third-order valence-corrected chi connectivity index (χ3v) is 4.71. The predicted octanol–water partition coefficient (Wildman–Crippen LogP) is 3.68. The molecular formula is C25H25NO7. The van der Waals surface area contributed by atoms with Gasteiger partial charge < -0.3 is 29.4 Å². The summed E-state index contributed by atoms with van der Waals surface area (Å²) in [4.78, 5) is 23.0. The summed E-state index contributed by atoms with van der Waals surface area (Å²) in [6.45, 7) is 0.0487. The third kappa shape index (κ3) is 6.90. The van der Waals surface area contributed by atoms with E-state index < -0.39 is 18.4 Å². The molecule has 2 N–H and O–H groups in total. The van der Waals surface area contributed by atoms with E-state index in [9.17, 15) is 9.59 Å². The van der Waals surface area contributed by atoms with E-state index in [0.29, 0.717) is 11.5 Å². The van der Waals surface area contributed by atoms with Crippen molar-refractivity contribution >= 4 is 11.9 Å². The van der Waals surface area contributed by atoms with Crippen molar-refractivity contribution in [3.63, 3.8) is 0 Å². The quantitative estimate of drug-likeness (QED) is 0.458. The first-order valence-electron chi connectivity index (χ1n) is 10.1. The molecule has 0 aliphatic rings. The Morgan fingerprint density at radius 1 is 0.758 bits per heavy atom. The van der Waals surface area contributed by atoms with Gasteiger partial charge in [0.15, 0.2) is 11.5 Å². The van der Waals surface area contributed by atoms with Gasteiger partial charge in [-0.2, -0.15) is 0 Å². The van der Waals surface area contributed by atoms with Crippen molar-refractivity contribution < 1.29 is 33.6 Å². The Balaban J connectivity index is 1.76. The van der Waals surface area contributed by atoms with Gasteiger partial charge in [-0.15, -0.1) is 0 Å². The van der Waals surface area contributed by atoms with Crippen LogP contribution in [0.4, 0.5) is 0 Å². The lowest BCUT2D eigenvalue weighted by Crippen LogP contribution is -2.29. The summed E-state index contributed by atoms with van der Waals surface area (Å²) < 4.78 is 22.2. The molecule has 0 spiro atoms. The predicted molar refractivity (Wildman–Crippen MR) is 121 cm³/mol. The second-order valence-electron chi connectivity index (χ2n) is 7.01. The Morgan fingerprint density at radius 3 is 1.76 bits per heavy atom. The molecule has 3 aromatic rings. The number of hydrogen-bond acceptors (Lipinski definition) is 6. The first-order valence-corrected chi connectivity index (χ1v) is 10.1. The van der Waals surface area contributed by atoms with Gasteiger partial charge in [0.05, 0.1) is 14.2 Å². The molecule has 0 atom stereocenters. The van der Waals surface area contributed by atoms with Crippen molar-refractivity contribution in [3.05, 3.63) is 83.4 Å². The van der Waals surface area contributed by atoms with E-state index in [2.05, 4.69) is 5.32 Å². The lowest BCUT2D eigenvalue weighted by Gasteiger charge is -2.15. The third-order valence-electron chi connectivity index (χ3n) is 4.71. The number of rotatable bonds is 11. The van der Waals surface area contributed by atoms with Crippen LogP contribution in [-0.4, -0.2) is 37.7 Å². The first-order chi connectivity index (χ1) is 16.0. The van der Waals surface area contributed by atoms with Gasteiger partial charge in [0, 0.05) is 5.56 Å². The van der Waals surface area contributed by atoms with Crippen LogP contribution in [0, 0.1) is 0 Å². The molecule has 0 saturated carbocycles. The monoisotopic (exact) mass is 451 g/mol. The van der Waals surface area contributed by atoms with Gasteiger partial charge in [0.2, 0.25) is 0 Å². The van der Waals surface area contributed by atoms with Gasteiger partial charge in [-0.25, -0.2) is 0 Å². The standard InChI is InChI=1S/C25H25NO7/c1-30-20-8-3-17(4-9-20)15-32-22-12-7-19(25(29)26-14-24(27)28)13-23(22)33-16-18-5-10-21(31-2)11-6-18/h3-13H,14-16H2,1-2H3,(H,26,29)(H,27,28). The van der Waals surface area contributed by atoms with E-state index >= 15 is 0 Å². The molecule has 3 rings (SSSR count). The van der Waals surface area contributed by atoms with Crippen LogP contribution in [0.2, 0.25) is 0 Å². The van der Waals surface area contributed by atoms with Crippen LogP contribution in [0.3, 0.4) is 0 Å². The smallest absolute Gasteiger partial charge is 0.322 e. The van der Waals surface area contributed by atoms with Gasteiger partial charge in [-0.05, 0) is 53.6 Å². The Bertz CT molecular complexity index is 1080. The molecular weight excluding hydrogens is 426 g/mol. The second-order valence-corrected chi connectivity index (χ2v) is 7.01. The molecule has 33 heavy (non-hydrogen) atoms. The molecule has 0 fully saturated rings. The maximum Gasteiger partial charge on any atom is 0.322 e.